The zero-order valence-electron chi connectivity index (χ0n) is 16.6. The Bertz CT molecular complexity index is 666. The number of sulfonamides is 1. The number of hydrogen-bond acceptors (Lipinski definition) is 4. The molecule has 1 aromatic carbocycles. The van der Waals surface area contributed by atoms with Crippen LogP contribution in [0.25, 0.3) is 0 Å². The molecule has 0 amide bonds. The van der Waals surface area contributed by atoms with Crippen molar-refractivity contribution in [1.29, 1.82) is 0 Å². The first kappa shape index (κ1) is 26.1. The Labute approximate surface area is 180 Å². The molecular weight excluding hydrogens is 479 g/mol. The predicted molar refractivity (Wildman–Crippen MR) is 122 cm³/mol. The highest BCUT2D eigenvalue weighted by atomic mass is 127. The number of nitrogens with zero attached hydrogens (tertiary/aromatic N) is 1. The average molecular weight is 512 g/mol. The zero-order valence-corrected chi connectivity index (χ0v) is 19.8. The molecular formula is C18H33IN4O3S. The van der Waals surface area contributed by atoms with Gasteiger partial charge in [0.15, 0.2) is 5.96 Å². The summed E-state index contributed by atoms with van der Waals surface area (Å²) in [5.41, 5.74) is 1.66. The Morgan fingerprint density at radius 3 is 2.44 bits per heavy atom. The molecule has 0 unspecified atom stereocenters. The summed E-state index contributed by atoms with van der Waals surface area (Å²) in [5.74, 6) is 0.663. The Balaban J connectivity index is 0.00000676. The van der Waals surface area contributed by atoms with E-state index < -0.39 is 10.0 Å². The Morgan fingerprint density at radius 1 is 1.19 bits per heavy atom. The van der Waals surface area contributed by atoms with E-state index in [2.05, 4.69) is 20.3 Å². The fourth-order valence-electron chi connectivity index (χ4n) is 2.39. The van der Waals surface area contributed by atoms with E-state index in [-0.39, 0.29) is 35.8 Å². The van der Waals surface area contributed by atoms with Gasteiger partial charge < -0.3 is 15.4 Å². The number of halogens is 1. The number of guanidine groups is 1. The number of nitrogens with one attached hydrogen (secondary N) is 3. The summed E-state index contributed by atoms with van der Waals surface area (Å²) < 4.78 is 32.1. The van der Waals surface area contributed by atoms with Crippen LogP contribution in [0, 0.1) is 0 Å². The van der Waals surface area contributed by atoms with Gasteiger partial charge in [-0.3, -0.25) is 0 Å². The van der Waals surface area contributed by atoms with E-state index in [4.69, 9.17) is 4.74 Å². The van der Waals surface area contributed by atoms with Crippen LogP contribution < -0.4 is 15.4 Å². The molecule has 27 heavy (non-hydrogen) atoms. The molecule has 156 valence electrons. The number of benzene rings is 1. The van der Waals surface area contributed by atoms with Gasteiger partial charge >= 0.3 is 0 Å². The second kappa shape index (κ2) is 14.1. The fourth-order valence-corrected chi connectivity index (χ4v) is 3.88. The largest absolute Gasteiger partial charge is 0.385 e. The van der Waals surface area contributed by atoms with Crippen LogP contribution in [0.5, 0.6) is 0 Å². The highest BCUT2D eigenvalue weighted by Gasteiger charge is 2.15. The predicted octanol–water partition coefficient (Wildman–Crippen LogP) is 2.22. The second-order valence-corrected chi connectivity index (χ2v) is 8.02. The molecule has 0 heterocycles. The van der Waals surface area contributed by atoms with Crippen LogP contribution in [0.3, 0.4) is 0 Å². The van der Waals surface area contributed by atoms with E-state index in [1.807, 2.05) is 45.0 Å². The molecule has 0 saturated heterocycles. The first-order valence-electron chi connectivity index (χ1n) is 8.95. The van der Waals surface area contributed by atoms with Crippen LogP contribution in [0.2, 0.25) is 0 Å². The molecule has 1 rings (SSSR count). The third-order valence-electron chi connectivity index (χ3n) is 3.45. The highest BCUT2D eigenvalue weighted by Crippen LogP contribution is 2.13. The number of hydrogen-bond donors (Lipinski definition) is 3. The minimum Gasteiger partial charge on any atom is -0.385 e. The summed E-state index contributed by atoms with van der Waals surface area (Å²) in [6.07, 6.45) is 0.886. The molecule has 0 fully saturated rings. The SMILES string of the molecule is CCNC(=NCc1ccccc1CS(=O)(=O)NC(C)C)NCCCOC.I. The quantitative estimate of drug-likeness (QED) is 0.183. The van der Waals surface area contributed by atoms with Crippen molar-refractivity contribution in [3.63, 3.8) is 0 Å². The summed E-state index contributed by atoms with van der Waals surface area (Å²) in [4.78, 5) is 4.57. The van der Waals surface area contributed by atoms with Gasteiger partial charge in [0.1, 0.15) is 0 Å². The average Bonchev–Trinajstić information content (AvgIpc) is 2.56. The molecule has 0 aliphatic rings. The maximum atomic E-state index is 12.2. The van der Waals surface area contributed by atoms with Crippen LogP contribution in [-0.2, 0) is 27.1 Å². The summed E-state index contributed by atoms with van der Waals surface area (Å²) in [7, 11) is -1.69. The van der Waals surface area contributed by atoms with Crippen molar-refractivity contribution >= 4 is 40.0 Å². The number of methoxy groups -OCH3 is 1. The number of ether oxygens (including phenoxy) is 1. The van der Waals surface area contributed by atoms with E-state index in [0.717, 1.165) is 30.6 Å². The maximum absolute atomic E-state index is 12.2. The molecule has 0 radical (unpaired) electrons. The highest BCUT2D eigenvalue weighted by molar-refractivity contribution is 14.0. The number of rotatable bonds is 11. The van der Waals surface area contributed by atoms with Gasteiger partial charge in [0.2, 0.25) is 10.0 Å². The van der Waals surface area contributed by atoms with Gasteiger partial charge in [0, 0.05) is 32.8 Å². The Kier molecular flexibility index (Phi) is 13.7. The van der Waals surface area contributed by atoms with Crippen LogP contribution in [-0.4, -0.2) is 47.2 Å². The third-order valence-corrected chi connectivity index (χ3v) is 4.97. The van der Waals surface area contributed by atoms with Crippen LogP contribution >= 0.6 is 24.0 Å². The van der Waals surface area contributed by atoms with Crippen LogP contribution in [0.15, 0.2) is 29.3 Å². The molecule has 0 aromatic heterocycles. The van der Waals surface area contributed by atoms with Gasteiger partial charge in [-0.15, -0.1) is 24.0 Å². The van der Waals surface area contributed by atoms with Gasteiger partial charge in [0.05, 0.1) is 12.3 Å². The standard InChI is InChI=1S/C18H32N4O3S.HI/c1-5-19-18(20-11-8-12-25-4)21-13-16-9-6-7-10-17(16)14-26(23,24)22-15(2)3;/h6-7,9-10,15,22H,5,8,11-14H2,1-4H3,(H2,19,20,21);1H. The molecule has 0 bridgehead atoms. The third kappa shape index (κ3) is 11.5. The zero-order chi connectivity index (χ0) is 19.4. The molecule has 0 spiro atoms. The smallest absolute Gasteiger partial charge is 0.216 e. The molecule has 7 nitrogen and oxygen atoms in total. The molecule has 0 aliphatic heterocycles. The molecule has 3 N–H and O–H groups in total. The van der Waals surface area contributed by atoms with Crippen LogP contribution in [0.4, 0.5) is 0 Å². The van der Waals surface area contributed by atoms with Crippen molar-refractivity contribution in [2.24, 2.45) is 4.99 Å². The lowest BCUT2D eigenvalue weighted by Gasteiger charge is -2.13. The second-order valence-electron chi connectivity index (χ2n) is 6.27. The van der Waals surface area contributed by atoms with E-state index in [9.17, 15) is 8.42 Å². The van der Waals surface area contributed by atoms with Gasteiger partial charge in [-0.05, 0) is 38.3 Å². The molecule has 0 aliphatic carbocycles. The van der Waals surface area contributed by atoms with E-state index >= 15 is 0 Å². The summed E-state index contributed by atoms with van der Waals surface area (Å²) in [5, 5.41) is 6.44. The van der Waals surface area contributed by atoms with Crippen molar-refractivity contribution in [2.45, 2.75) is 45.5 Å². The molecule has 0 atom stereocenters. The minimum atomic E-state index is -3.37. The lowest BCUT2D eigenvalue weighted by atomic mass is 10.1. The molecule has 0 saturated carbocycles. The maximum Gasteiger partial charge on any atom is 0.216 e. The van der Waals surface area contributed by atoms with E-state index in [1.54, 1.807) is 7.11 Å². The van der Waals surface area contributed by atoms with E-state index in [1.165, 1.54) is 0 Å². The fraction of sp³-hybridized carbons (Fsp3) is 0.611. The first-order valence-corrected chi connectivity index (χ1v) is 10.6. The van der Waals surface area contributed by atoms with Crippen molar-refractivity contribution in [1.82, 2.24) is 15.4 Å². The summed E-state index contributed by atoms with van der Waals surface area (Å²) >= 11 is 0. The van der Waals surface area contributed by atoms with Gasteiger partial charge in [-0.25, -0.2) is 18.1 Å². The van der Waals surface area contributed by atoms with Gasteiger partial charge in [-0.1, -0.05) is 24.3 Å². The van der Waals surface area contributed by atoms with Crippen molar-refractivity contribution in [3.05, 3.63) is 35.4 Å². The number of aliphatic imine (C=N–C) groups is 1. The lowest BCUT2D eigenvalue weighted by Crippen LogP contribution is -2.38. The minimum absolute atomic E-state index is 0. The van der Waals surface area contributed by atoms with Gasteiger partial charge in [-0.2, -0.15) is 0 Å². The molecule has 9 heteroatoms. The van der Waals surface area contributed by atoms with Crippen molar-refractivity contribution in [3.8, 4) is 0 Å². The van der Waals surface area contributed by atoms with E-state index in [0.29, 0.717) is 19.1 Å². The Morgan fingerprint density at radius 2 is 1.85 bits per heavy atom. The molecule has 1 aromatic rings. The lowest BCUT2D eigenvalue weighted by molar-refractivity contribution is 0.195. The van der Waals surface area contributed by atoms with Crippen molar-refractivity contribution in [2.75, 3.05) is 26.8 Å². The Hall–Kier alpha value is -0.910. The summed E-state index contributed by atoms with van der Waals surface area (Å²) in [6.45, 7) is 8.24. The topological polar surface area (TPSA) is 91.8 Å². The summed E-state index contributed by atoms with van der Waals surface area (Å²) in [6, 6.07) is 7.38. The first-order chi connectivity index (χ1) is 12.4. The monoisotopic (exact) mass is 512 g/mol. The normalized spacial score (nSPS) is 12.0. The van der Waals surface area contributed by atoms with Crippen LogP contribution in [0.1, 0.15) is 38.3 Å². The van der Waals surface area contributed by atoms with Crippen molar-refractivity contribution < 1.29 is 13.2 Å². The van der Waals surface area contributed by atoms with Gasteiger partial charge in [0.25, 0.3) is 0 Å².